The van der Waals surface area contributed by atoms with Gasteiger partial charge in [0, 0.05) is 76.4 Å². The third-order valence-electron chi connectivity index (χ3n) is 9.21. The van der Waals surface area contributed by atoms with Crippen molar-refractivity contribution in [1.29, 1.82) is 0 Å². The van der Waals surface area contributed by atoms with Crippen molar-refractivity contribution in [1.82, 2.24) is 18.8 Å². The summed E-state index contributed by atoms with van der Waals surface area (Å²) in [5.41, 5.74) is 6.53. The molecule has 0 spiro atoms. The summed E-state index contributed by atoms with van der Waals surface area (Å²) >= 11 is -1.68. The van der Waals surface area contributed by atoms with E-state index < -0.39 is 29.8 Å². The van der Waals surface area contributed by atoms with Gasteiger partial charge in [0.15, 0.2) is 11.2 Å². The van der Waals surface area contributed by atoms with E-state index in [4.69, 9.17) is 4.74 Å². The fraction of sp³-hybridized carbons (Fsp3) is 0.553. The van der Waals surface area contributed by atoms with Crippen molar-refractivity contribution in [3.05, 3.63) is 82.8 Å². The van der Waals surface area contributed by atoms with Gasteiger partial charge in [0.1, 0.15) is 5.76 Å². The lowest BCUT2D eigenvalue weighted by molar-refractivity contribution is -0.148. The number of anilines is 1. The molecule has 2 aliphatic rings. The summed E-state index contributed by atoms with van der Waals surface area (Å²) < 4.78 is 61.3. The number of amides is 1. The average Bonchev–Trinajstić information content (AvgIpc) is 3.07. The van der Waals surface area contributed by atoms with E-state index in [1.165, 1.54) is 39.6 Å². The van der Waals surface area contributed by atoms with Crippen molar-refractivity contribution >= 4 is 28.3 Å². The lowest BCUT2D eigenvalue weighted by atomic mass is 9.78. The van der Waals surface area contributed by atoms with Crippen molar-refractivity contribution in [2.75, 3.05) is 72.4 Å². The molecule has 0 aromatic heterocycles. The predicted molar refractivity (Wildman–Crippen MR) is 200 cm³/mol. The van der Waals surface area contributed by atoms with Crippen LogP contribution >= 0.6 is 0 Å². The van der Waals surface area contributed by atoms with Crippen LogP contribution < -0.4 is 9.62 Å². The van der Waals surface area contributed by atoms with E-state index >= 15 is 0 Å². The van der Waals surface area contributed by atoms with E-state index in [1.54, 1.807) is 27.3 Å². The molecule has 1 amide bonds. The molecule has 1 saturated carbocycles. The molecule has 1 saturated heterocycles. The highest BCUT2D eigenvalue weighted by Gasteiger charge is 2.33. The molecule has 2 fully saturated rings. The van der Waals surface area contributed by atoms with Crippen molar-refractivity contribution < 1.29 is 26.9 Å². The predicted octanol–water partition coefficient (Wildman–Crippen LogP) is 7.48. The summed E-state index contributed by atoms with van der Waals surface area (Å²) in [6.07, 6.45) is 9.96. The van der Waals surface area contributed by atoms with Crippen LogP contribution in [0, 0.1) is 5.92 Å². The fourth-order valence-corrected chi connectivity index (χ4v) is 7.14. The molecule has 50 heavy (non-hydrogen) atoms. The first kappa shape index (κ1) is 41.1. The van der Waals surface area contributed by atoms with Crippen molar-refractivity contribution in [2.24, 2.45) is 5.92 Å². The highest BCUT2D eigenvalue weighted by Crippen LogP contribution is 2.41. The Morgan fingerprint density at radius 1 is 1.08 bits per heavy atom. The van der Waals surface area contributed by atoms with Gasteiger partial charge in [-0.1, -0.05) is 49.6 Å². The Hall–Kier alpha value is -3.35. The molecule has 1 aromatic rings. The van der Waals surface area contributed by atoms with E-state index in [-0.39, 0.29) is 13.1 Å². The standard InChI is InChI=1S/C38H56F3N5O3S/c1-9-14-33(49-8)18-13-17-32(29(4)46-23-21-45(22-24-46)27-38(39,40)41)26-44(7)35-25-31(37(47)42-50(48)43(5)6)19-20-34(35)36(28(2)3)30-15-11-10-12-16-30/h9,14,17-20,25,30H,4,10-13,15-16,21-24,26-27H2,1-3,5-8H3,(H,42,47)/b14-9-,32-17+,33-18+. The average molecular weight is 720 g/mol. The molecule has 1 N–H and O–H groups in total. The Bertz CT molecular complexity index is 1470. The SMILES string of the molecule is C=C(/C(=C/C/C=C(\C=C/C)OC)CN(C)c1cc(C(=O)NS(=O)N(C)C)ccc1C(=C(C)C)C1CCCCC1)N1CCN(CC(F)(F)F)CC1. The number of hydrogen-bond donors (Lipinski definition) is 1. The Morgan fingerprint density at radius 2 is 1.74 bits per heavy atom. The molecular weight excluding hydrogens is 664 g/mol. The second-order valence-corrected chi connectivity index (χ2v) is 14.9. The lowest BCUT2D eigenvalue weighted by Gasteiger charge is -2.38. The van der Waals surface area contributed by atoms with Gasteiger partial charge < -0.3 is 14.5 Å². The third-order valence-corrected chi connectivity index (χ3v) is 10.2. The smallest absolute Gasteiger partial charge is 0.401 e. The highest BCUT2D eigenvalue weighted by molar-refractivity contribution is 7.81. The number of methoxy groups -OCH3 is 1. The number of carbonyl (C=O) groups excluding carboxylic acids is 1. The number of nitrogens with zero attached hydrogens (tertiary/aromatic N) is 4. The zero-order valence-electron chi connectivity index (χ0n) is 30.9. The molecule has 278 valence electrons. The number of benzene rings is 1. The van der Waals surface area contributed by atoms with Gasteiger partial charge in [0.25, 0.3) is 5.91 Å². The number of nitrogens with one attached hydrogen (secondary N) is 1. The maximum atomic E-state index is 13.3. The number of piperazine rings is 1. The van der Waals surface area contributed by atoms with Gasteiger partial charge in [-0.2, -0.15) is 13.2 Å². The first-order valence-electron chi connectivity index (χ1n) is 17.4. The fourth-order valence-electron chi connectivity index (χ4n) is 6.68. The first-order valence-corrected chi connectivity index (χ1v) is 18.5. The van der Waals surface area contributed by atoms with Crippen LogP contribution in [0.3, 0.4) is 0 Å². The second kappa shape index (κ2) is 19.3. The largest absolute Gasteiger partial charge is 0.497 e. The Morgan fingerprint density at radius 3 is 2.30 bits per heavy atom. The summed E-state index contributed by atoms with van der Waals surface area (Å²) in [5, 5.41) is 0. The van der Waals surface area contributed by atoms with Gasteiger partial charge >= 0.3 is 6.18 Å². The van der Waals surface area contributed by atoms with Gasteiger partial charge in [-0.05, 0) is 81.4 Å². The maximum Gasteiger partial charge on any atom is 0.401 e. The number of halogens is 3. The highest BCUT2D eigenvalue weighted by atomic mass is 32.2. The number of hydrogen-bond acceptors (Lipinski definition) is 6. The zero-order chi connectivity index (χ0) is 37.0. The summed E-state index contributed by atoms with van der Waals surface area (Å²) in [5.74, 6) is 0.691. The molecule has 8 nitrogen and oxygen atoms in total. The zero-order valence-corrected chi connectivity index (χ0v) is 31.7. The molecule has 1 heterocycles. The number of likely N-dealkylation sites (N-methyl/N-ethyl adjacent to an activating group) is 1. The van der Waals surface area contributed by atoms with Crippen molar-refractivity contribution in [3.63, 3.8) is 0 Å². The Balaban J connectivity index is 2.04. The molecule has 12 heteroatoms. The monoisotopic (exact) mass is 719 g/mol. The van der Waals surface area contributed by atoms with Crippen molar-refractivity contribution in [3.8, 4) is 0 Å². The van der Waals surface area contributed by atoms with E-state index in [2.05, 4.69) is 41.0 Å². The normalized spacial score (nSPS) is 17.6. The minimum atomic E-state index is -4.24. The van der Waals surface area contributed by atoms with Crippen LogP contribution in [-0.4, -0.2) is 97.9 Å². The second-order valence-electron chi connectivity index (χ2n) is 13.4. The number of carbonyl (C=O) groups is 1. The summed E-state index contributed by atoms with van der Waals surface area (Å²) in [7, 11) is 6.87. The quantitative estimate of drug-likeness (QED) is 0.150. The summed E-state index contributed by atoms with van der Waals surface area (Å²) in [4.78, 5) is 18.9. The van der Waals surface area contributed by atoms with E-state index in [0.717, 1.165) is 41.1 Å². The van der Waals surface area contributed by atoms with Crippen LogP contribution in [0.15, 0.2) is 71.7 Å². The molecule has 0 radical (unpaired) electrons. The minimum Gasteiger partial charge on any atom is -0.497 e. The number of allylic oxidation sites excluding steroid dienone is 6. The molecular formula is C38H56F3N5O3S. The molecule has 1 aromatic carbocycles. The first-order chi connectivity index (χ1) is 23.6. The van der Waals surface area contributed by atoms with Gasteiger partial charge in [0.05, 0.1) is 13.7 Å². The van der Waals surface area contributed by atoms with Gasteiger partial charge in [0.2, 0.25) is 0 Å². The number of ether oxygens (including phenoxy) is 1. The Labute approximate surface area is 300 Å². The third kappa shape index (κ3) is 12.2. The van der Waals surface area contributed by atoms with Crippen LogP contribution in [0.1, 0.15) is 75.2 Å². The van der Waals surface area contributed by atoms with E-state index in [1.807, 2.05) is 44.3 Å². The molecule has 0 bridgehead atoms. The van der Waals surface area contributed by atoms with E-state index in [0.29, 0.717) is 37.5 Å². The lowest BCUT2D eigenvalue weighted by Crippen LogP contribution is -2.49. The molecule has 1 aliphatic heterocycles. The van der Waals surface area contributed by atoms with Crippen LogP contribution in [0.25, 0.3) is 5.57 Å². The van der Waals surface area contributed by atoms with Gasteiger partial charge in [-0.15, -0.1) is 0 Å². The van der Waals surface area contributed by atoms with Crippen LogP contribution in [0.2, 0.25) is 0 Å². The van der Waals surface area contributed by atoms with Crippen LogP contribution in [0.5, 0.6) is 0 Å². The summed E-state index contributed by atoms with van der Waals surface area (Å²) in [6.45, 7) is 11.6. The molecule has 1 atom stereocenters. The van der Waals surface area contributed by atoms with Crippen molar-refractivity contribution in [2.45, 2.75) is 65.5 Å². The topological polar surface area (TPSA) is 68.4 Å². The van der Waals surface area contributed by atoms with Crippen LogP contribution in [-0.2, 0) is 15.9 Å². The summed E-state index contributed by atoms with van der Waals surface area (Å²) in [6, 6.07) is 5.68. The molecule has 1 unspecified atom stereocenters. The minimum absolute atomic E-state index is 0.289. The maximum absolute atomic E-state index is 13.3. The van der Waals surface area contributed by atoms with Gasteiger partial charge in [-0.3, -0.25) is 14.4 Å². The van der Waals surface area contributed by atoms with Gasteiger partial charge in [-0.25, -0.2) is 8.51 Å². The molecule has 3 rings (SSSR count). The van der Waals surface area contributed by atoms with Crippen LogP contribution in [0.4, 0.5) is 18.9 Å². The number of rotatable bonds is 15. The molecule has 1 aliphatic carbocycles. The number of alkyl halides is 3. The Kier molecular flexibility index (Phi) is 15.9. The van der Waals surface area contributed by atoms with E-state index in [9.17, 15) is 22.2 Å².